The molecule has 0 radical (unpaired) electrons. The highest BCUT2D eigenvalue weighted by atomic mass is 16.2. The summed E-state index contributed by atoms with van der Waals surface area (Å²) in [6, 6.07) is 6.77. The van der Waals surface area contributed by atoms with Gasteiger partial charge in [-0.05, 0) is 30.2 Å². The molecule has 2 unspecified atom stereocenters. The Kier molecular flexibility index (Phi) is 5.24. The Morgan fingerprint density at radius 2 is 2.05 bits per heavy atom. The average Bonchev–Trinajstić information content (AvgIpc) is 3.03. The third kappa shape index (κ3) is 3.69. The maximum absolute atomic E-state index is 12.0. The molecule has 7 nitrogen and oxygen atoms in total. The van der Waals surface area contributed by atoms with Crippen LogP contribution in [0.5, 0.6) is 0 Å². The zero-order chi connectivity index (χ0) is 16.1. The van der Waals surface area contributed by atoms with E-state index in [0.717, 1.165) is 12.0 Å². The molecule has 1 aromatic carbocycles. The van der Waals surface area contributed by atoms with Gasteiger partial charge in [-0.2, -0.15) is 5.10 Å². The molecule has 0 saturated carbocycles. The van der Waals surface area contributed by atoms with E-state index in [1.807, 2.05) is 26.0 Å². The number of aromatic nitrogens is 3. The van der Waals surface area contributed by atoms with Crippen molar-refractivity contribution in [2.24, 2.45) is 17.4 Å². The quantitative estimate of drug-likeness (QED) is 0.639. The number of amides is 1. The van der Waals surface area contributed by atoms with E-state index in [9.17, 15) is 4.79 Å². The minimum Gasteiger partial charge on any atom is -0.325 e. The van der Waals surface area contributed by atoms with Gasteiger partial charge in [0.05, 0.1) is 12.6 Å². The van der Waals surface area contributed by atoms with Gasteiger partial charge in [-0.25, -0.2) is 4.98 Å². The number of hydrogen-bond donors (Lipinski definition) is 4. The summed E-state index contributed by atoms with van der Waals surface area (Å²) in [6.07, 6.45) is 0.863. The number of carbonyl (C=O) groups is 1. The van der Waals surface area contributed by atoms with Crippen molar-refractivity contribution in [3.63, 3.8) is 0 Å². The molecule has 0 aliphatic heterocycles. The van der Waals surface area contributed by atoms with Crippen LogP contribution in [0.4, 0.5) is 5.69 Å². The number of nitrogens with two attached hydrogens (primary N) is 2. The number of H-pyrrole nitrogens is 1. The van der Waals surface area contributed by atoms with E-state index >= 15 is 0 Å². The molecule has 118 valence electrons. The van der Waals surface area contributed by atoms with Crippen LogP contribution in [-0.4, -0.2) is 27.1 Å². The van der Waals surface area contributed by atoms with Gasteiger partial charge in [0.1, 0.15) is 5.82 Å². The fraction of sp³-hybridized carbons (Fsp3) is 0.400. The molecule has 2 atom stereocenters. The molecule has 1 heterocycles. The predicted molar refractivity (Wildman–Crippen MR) is 85.8 cm³/mol. The zero-order valence-electron chi connectivity index (χ0n) is 12.8. The van der Waals surface area contributed by atoms with Crippen LogP contribution < -0.4 is 16.8 Å². The predicted octanol–water partition coefficient (Wildman–Crippen LogP) is 1.24. The maximum Gasteiger partial charge on any atom is 0.241 e. The Bertz CT molecular complexity index is 621. The van der Waals surface area contributed by atoms with Crippen LogP contribution in [-0.2, 0) is 11.3 Å². The second-order valence-electron chi connectivity index (χ2n) is 5.29. The molecule has 0 saturated heterocycles. The topological polar surface area (TPSA) is 123 Å². The van der Waals surface area contributed by atoms with Gasteiger partial charge in [-0.15, -0.1) is 0 Å². The molecule has 0 aliphatic carbocycles. The van der Waals surface area contributed by atoms with Gasteiger partial charge in [0.25, 0.3) is 0 Å². The molecular formula is C15H22N6O. The van der Waals surface area contributed by atoms with Crippen molar-refractivity contribution in [2.45, 2.75) is 32.9 Å². The second kappa shape index (κ2) is 7.15. The summed E-state index contributed by atoms with van der Waals surface area (Å²) in [5.41, 5.74) is 12.9. The summed E-state index contributed by atoms with van der Waals surface area (Å²) < 4.78 is 0. The fourth-order valence-corrected chi connectivity index (χ4v) is 1.96. The van der Waals surface area contributed by atoms with Crippen molar-refractivity contribution in [1.82, 2.24) is 15.2 Å². The van der Waals surface area contributed by atoms with Gasteiger partial charge in [0.2, 0.25) is 5.91 Å². The Morgan fingerprint density at radius 1 is 1.36 bits per heavy atom. The van der Waals surface area contributed by atoms with Gasteiger partial charge < -0.3 is 16.8 Å². The van der Waals surface area contributed by atoms with Crippen molar-refractivity contribution in [2.75, 3.05) is 5.32 Å². The van der Waals surface area contributed by atoms with E-state index in [0.29, 0.717) is 23.9 Å². The molecule has 0 aliphatic rings. The number of aromatic amines is 1. The van der Waals surface area contributed by atoms with Crippen LogP contribution in [0.3, 0.4) is 0 Å². The number of benzene rings is 1. The molecule has 0 bridgehead atoms. The number of nitrogens with one attached hydrogen (secondary N) is 2. The van der Waals surface area contributed by atoms with Gasteiger partial charge in [-0.1, -0.05) is 20.3 Å². The minimum atomic E-state index is -0.509. The van der Waals surface area contributed by atoms with Gasteiger partial charge in [0, 0.05) is 11.3 Å². The third-order valence-electron chi connectivity index (χ3n) is 3.70. The lowest BCUT2D eigenvalue weighted by Crippen LogP contribution is -2.40. The van der Waals surface area contributed by atoms with Crippen LogP contribution in [0, 0.1) is 5.92 Å². The monoisotopic (exact) mass is 302 g/mol. The van der Waals surface area contributed by atoms with Crippen molar-refractivity contribution in [3.05, 3.63) is 30.1 Å². The van der Waals surface area contributed by atoms with Crippen molar-refractivity contribution in [3.8, 4) is 11.4 Å². The molecule has 1 amide bonds. The summed E-state index contributed by atoms with van der Waals surface area (Å²) in [4.78, 5) is 16.3. The van der Waals surface area contributed by atoms with Gasteiger partial charge in [0.15, 0.2) is 5.82 Å². The molecule has 0 fully saturated rings. The van der Waals surface area contributed by atoms with Crippen LogP contribution in [0.1, 0.15) is 26.1 Å². The van der Waals surface area contributed by atoms with Crippen LogP contribution >= 0.6 is 0 Å². The summed E-state index contributed by atoms with van der Waals surface area (Å²) >= 11 is 0. The first-order valence-electron chi connectivity index (χ1n) is 7.33. The lowest BCUT2D eigenvalue weighted by atomic mass is 9.99. The summed E-state index contributed by atoms with van der Waals surface area (Å²) in [5.74, 6) is 1.18. The Morgan fingerprint density at radius 3 is 2.59 bits per heavy atom. The van der Waals surface area contributed by atoms with Crippen LogP contribution in [0.15, 0.2) is 24.3 Å². The maximum atomic E-state index is 12.0. The second-order valence-corrected chi connectivity index (χ2v) is 5.29. The first kappa shape index (κ1) is 16.1. The van der Waals surface area contributed by atoms with Crippen molar-refractivity contribution < 1.29 is 4.79 Å². The minimum absolute atomic E-state index is 0.141. The summed E-state index contributed by atoms with van der Waals surface area (Å²) in [7, 11) is 0. The van der Waals surface area contributed by atoms with E-state index in [2.05, 4.69) is 20.5 Å². The smallest absolute Gasteiger partial charge is 0.241 e. The van der Waals surface area contributed by atoms with Crippen molar-refractivity contribution in [1.29, 1.82) is 0 Å². The Labute approximate surface area is 129 Å². The molecule has 7 heteroatoms. The lowest BCUT2D eigenvalue weighted by molar-refractivity contribution is -0.118. The first-order chi connectivity index (χ1) is 10.5. The van der Waals surface area contributed by atoms with Crippen LogP contribution in [0.25, 0.3) is 11.4 Å². The van der Waals surface area contributed by atoms with E-state index in [1.54, 1.807) is 12.1 Å². The zero-order valence-corrected chi connectivity index (χ0v) is 12.8. The molecule has 6 N–H and O–H groups in total. The fourth-order valence-electron chi connectivity index (χ4n) is 1.96. The molecule has 2 aromatic rings. The molecular weight excluding hydrogens is 280 g/mol. The van der Waals surface area contributed by atoms with E-state index in [1.165, 1.54) is 0 Å². The van der Waals surface area contributed by atoms with Crippen LogP contribution in [0.2, 0.25) is 0 Å². The largest absolute Gasteiger partial charge is 0.325 e. The number of carbonyl (C=O) groups excluding carboxylic acids is 1. The number of hydrogen-bond acceptors (Lipinski definition) is 5. The highest BCUT2D eigenvalue weighted by Crippen LogP contribution is 2.18. The molecule has 22 heavy (non-hydrogen) atoms. The Hall–Kier alpha value is -2.25. The third-order valence-corrected chi connectivity index (χ3v) is 3.70. The summed E-state index contributed by atoms with van der Waals surface area (Å²) in [6.45, 7) is 4.29. The standard InChI is InChI=1S/C15H22N6O/c1-3-9(2)13(17)15(22)18-11-6-4-10(5-7-11)14-19-12(8-16)20-21-14/h4-7,9,13H,3,8,16-17H2,1-2H3,(H,18,22)(H,19,20,21). The van der Waals surface area contributed by atoms with Gasteiger partial charge in [-0.3, -0.25) is 9.89 Å². The SMILES string of the molecule is CCC(C)C(N)C(=O)Nc1ccc(-c2n[nH]c(CN)n2)cc1. The Balaban J connectivity index is 2.04. The number of rotatable bonds is 6. The average molecular weight is 302 g/mol. The van der Waals surface area contributed by atoms with E-state index < -0.39 is 6.04 Å². The highest BCUT2D eigenvalue weighted by Gasteiger charge is 2.19. The summed E-state index contributed by atoms with van der Waals surface area (Å²) in [5, 5.41) is 9.67. The van der Waals surface area contributed by atoms with Gasteiger partial charge >= 0.3 is 0 Å². The molecule has 2 rings (SSSR count). The number of anilines is 1. The lowest BCUT2D eigenvalue weighted by Gasteiger charge is -2.17. The number of nitrogens with zero attached hydrogens (tertiary/aromatic N) is 2. The van der Waals surface area contributed by atoms with Crippen molar-refractivity contribution >= 4 is 11.6 Å². The first-order valence-corrected chi connectivity index (χ1v) is 7.33. The normalized spacial score (nSPS) is 13.6. The molecule has 1 aromatic heterocycles. The van der Waals surface area contributed by atoms with E-state index in [-0.39, 0.29) is 11.8 Å². The highest BCUT2D eigenvalue weighted by molar-refractivity contribution is 5.95. The van der Waals surface area contributed by atoms with E-state index in [4.69, 9.17) is 11.5 Å². The molecule has 0 spiro atoms.